The van der Waals surface area contributed by atoms with E-state index in [9.17, 15) is 9.90 Å². The monoisotopic (exact) mass is 488 g/mol. The van der Waals surface area contributed by atoms with E-state index < -0.39 is 0 Å². The minimum Gasteiger partial charge on any atom is -0.506 e. The molecule has 0 saturated carbocycles. The van der Waals surface area contributed by atoms with Crippen molar-refractivity contribution < 1.29 is 9.90 Å². The van der Waals surface area contributed by atoms with Gasteiger partial charge in [-0.05, 0) is 76.7 Å². The number of unbranched alkanes of at least 4 members (excludes halogenated alkanes) is 3. The van der Waals surface area contributed by atoms with Crippen LogP contribution in [0.1, 0.15) is 36.0 Å². The van der Waals surface area contributed by atoms with Crippen molar-refractivity contribution in [1.29, 1.82) is 0 Å². The fraction of sp³-hybridized carbons (Fsp3) is 0.462. The second kappa shape index (κ2) is 8.96. The van der Waals surface area contributed by atoms with Crippen molar-refractivity contribution in [2.24, 2.45) is 5.73 Å². The molecule has 0 aliphatic heterocycles. The van der Waals surface area contributed by atoms with Crippen molar-refractivity contribution >= 4 is 51.1 Å². The Morgan fingerprint density at radius 2 is 1.89 bits per heavy atom. The molecule has 0 spiro atoms. The summed E-state index contributed by atoms with van der Waals surface area (Å²) in [4.78, 5) is 12.0. The van der Waals surface area contributed by atoms with E-state index in [1.165, 1.54) is 0 Å². The Hall–Kier alpha value is -0.0900. The molecule has 1 rings (SSSR count). The van der Waals surface area contributed by atoms with E-state index in [-0.39, 0.29) is 11.7 Å². The summed E-state index contributed by atoms with van der Waals surface area (Å²) in [5.74, 6) is -0.158. The highest BCUT2D eigenvalue weighted by Crippen LogP contribution is 2.26. The number of hydrogen-bond donors (Lipinski definition) is 3. The normalized spacial score (nSPS) is 10.5. The molecule has 0 aromatic heterocycles. The number of benzene rings is 1. The molecule has 0 aliphatic rings. The molecule has 0 radical (unpaired) electrons. The van der Waals surface area contributed by atoms with Crippen LogP contribution in [0.15, 0.2) is 12.1 Å². The maximum Gasteiger partial charge on any atom is 0.255 e. The number of nitrogens with two attached hydrogens (primary N) is 1. The number of hydrogen-bond acceptors (Lipinski definition) is 3. The zero-order chi connectivity index (χ0) is 14.3. The minimum atomic E-state index is -0.215. The molecule has 4 N–H and O–H groups in total. The van der Waals surface area contributed by atoms with Crippen LogP contribution in [0, 0.1) is 7.14 Å². The van der Waals surface area contributed by atoms with Crippen LogP contribution in [0.4, 0.5) is 0 Å². The van der Waals surface area contributed by atoms with Gasteiger partial charge in [0.25, 0.3) is 5.91 Å². The van der Waals surface area contributed by atoms with Crippen LogP contribution in [0.5, 0.6) is 5.75 Å². The van der Waals surface area contributed by atoms with Crippen LogP contribution in [-0.4, -0.2) is 24.1 Å². The van der Waals surface area contributed by atoms with E-state index in [2.05, 4.69) is 27.9 Å². The van der Waals surface area contributed by atoms with Crippen LogP contribution in [0.25, 0.3) is 0 Å². The molecule has 1 amide bonds. The third-order valence-corrected chi connectivity index (χ3v) is 4.13. The van der Waals surface area contributed by atoms with Gasteiger partial charge in [0.15, 0.2) is 0 Å². The van der Waals surface area contributed by atoms with Gasteiger partial charge < -0.3 is 16.2 Å². The van der Waals surface area contributed by atoms with Gasteiger partial charge in [0.1, 0.15) is 5.75 Å². The second-order valence-corrected chi connectivity index (χ2v) is 6.65. The van der Waals surface area contributed by atoms with Crippen LogP contribution in [0.3, 0.4) is 0 Å². The van der Waals surface area contributed by atoms with Crippen molar-refractivity contribution in [2.45, 2.75) is 25.7 Å². The topological polar surface area (TPSA) is 75.3 Å². The van der Waals surface area contributed by atoms with Crippen molar-refractivity contribution in [2.75, 3.05) is 13.1 Å². The van der Waals surface area contributed by atoms with Crippen molar-refractivity contribution in [3.63, 3.8) is 0 Å². The number of halogens is 2. The fourth-order valence-electron chi connectivity index (χ4n) is 1.66. The lowest BCUT2D eigenvalue weighted by atomic mass is 10.1. The highest BCUT2D eigenvalue weighted by Gasteiger charge is 2.14. The summed E-state index contributed by atoms with van der Waals surface area (Å²) in [6.45, 7) is 1.35. The van der Waals surface area contributed by atoms with Crippen LogP contribution in [-0.2, 0) is 0 Å². The number of carbonyl (C=O) groups excluding carboxylic acids is 1. The number of rotatable bonds is 7. The van der Waals surface area contributed by atoms with Gasteiger partial charge in [0.05, 0.1) is 9.13 Å². The smallest absolute Gasteiger partial charge is 0.255 e. The van der Waals surface area contributed by atoms with E-state index >= 15 is 0 Å². The lowest BCUT2D eigenvalue weighted by Crippen LogP contribution is -2.24. The van der Waals surface area contributed by atoms with Gasteiger partial charge in [-0.2, -0.15) is 0 Å². The maximum absolute atomic E-state index is 12.0. The summed E-state index contributed by atoms with van der Waals surface area (Å²) < 4.78 is 1.63. The SMILES string of the molecule is NCCCCCCNC(=O)c1cc(I)cc(I)c1O. The summed E-state index contributed by atoms with van der Waals surface area (Å²) in [6.07, 6.45) is 4.13. The molecule has 1 aromatic carbocycles. The number of phenols is 1. The first-order valence-electron chi connectivity index (χ1n) is 6.22. The van der Waals surface area contributed by atoms with Crippen molar-refractivity contribution in [3.8, 4) is 5.75 Å². The standard InChI is InChI=1S/C13H18I2N2O2/c14-9-7-10(12(18)11(15)8-9)13(19)17-6-4-2-1-3-5-16/h7-8,18H,1-6,16H2,(H,17,19). The van der Waals surface area contributed by atoms with Gasteiger partial charge in [-0.25, -0.2) is 0 Å². The zero-order valence-electron chi connectivity index (χ0n) is 10.6. The second-order valence-electron chi connectivity index (χ2n) is 4.24. The van der Waals surface area contributed by atoms with E-state index in [0.717, 1.165) is 35.8 Å². The Morgan fingerprint density at radius 3 is 2.58 bits per heavy atom. The van der Waals surface area contributed by atoms with Gasteiger partial charge in [0.2, 0.25) is 0 Å². The predicted octanol–water partition coefficient (Wildman–Crippen LogP) is 2.85. The van der Waals surface area contributed by atoms with Crippen LogP contribution >= 0.6 is 45.2 Å². The third kappa shape index (κ3) is 5.82. The number of phenolic OH excluding ortho intramolecular Hbond substituents is 1. The fourth-order valence-corrected chi connectivity index (χ4v) is 3.50. The van der Waals surface area contributed by atoms with Gasteiger partial charge >= 0.3 is 0 Å². The Morgan fingerprint density at radius 1 is 1.21 bits per heavy atom. The molecule has 0 unspecified atom stereocenters. The number of aromatic hydroxyl groups is 1. The van der Waals surface area contributed by atoms with E-state index in [4.69, 9.17) is 5.73 Å². The Labute approximate surface area is 140 Å². The Kier molecular flexibility index (Phi) is 8.00. The van der Waals surface area contributed by atoms with Gasteiger partial charge in [-0.3, -0.25) is 4.79 Å². The average Bonchev–Trinajstić information content (AvgIpc) is 2.37. The molecule has 0 bridgehead atoms. The maximum atomic E-state index is 12.0. The van der Waals surface area contributed by atoms with Gasteiger partial charge in [-0.1, -0.05) is 12.8 Å². The lowest BCUT2D eigenvalue weighted by molar-refractivity contribution is 0.0950. The van der Waals surface area contributed by atoms with Crippen molar-refractivity contribution in [3.05, 3.63) is 24.8 Å². The van der Waals surface area contributed by atoms with Gasteiger partial charge in [-0.15, -0.1) is 0 Å². The molecular formula is C13H18I2N2O2. The summed E-state index contributed by atoms with van der Waals surface area (Å²) >= 11 is 4.16. The summed E-state index contributed by atoms with van der Waals surface area (Å²) in [5.41, 5.74) is 5.76. The molecule has 6 heteroatoms. The summed E-state index contributed by atoms with van der Waals surface area (Å²) in [6, 6.07) is 3.53. The molecule has 1 aromatic rings. The van der Waals surface area contributed by atoms with E-state index in [0.29, 0.717) is 15.7 Å². The highest BCUT2D eigenvalue weighted by molar-refractivity contribution is 14.1. The summed E-state index contributed by atoms with van der Waals surface area (Å²) in [7, 11) is 0. The quantitative estimate of drug-likeness (QED) is 0.409. The molecule has 106 valence electrons. The molecule has 0 saturated heterocycles. The Bertz CT molecular complexity index is 439. The first-order valence-corrected chi connectivity index (χ1v) is 8.38. The van der Waals surface area contributed by atoms with Crippen molar-refractivity contribution in [1.82, 2.24) is 5.32 Å². The molecule has 0 aliphatic carbocycles. The summed E-state index contributed by atoms with van der Waals surface area (Å²) in [5, 5.41) is 12.7. The molecule has 4 nitrogen and oxygen atoms in total. The molecule has 0 fully saturated rings. The number of carbonyl (C=O) groups is 1. The van der Waals surface area contributed by atoms with Crippen LogP contribution in [0.2, 0.25) is 0 Å². The zero-order valence-corrected chi connectivity index (χ0v) is 14.9. The van der Waals surface area contributed by atoms with Gasteiger partial charge in [0, 0.05) is 10.1 Å². The molecule has 0 atom stereocenters. The molecule has 0 heterocycles. The Balaban J connectivity index is 2.46. The predicted molar refractivity (Wildman–Crippen MR) is 93.4 cm³/mol. The largest absolute Gasteiger partial charge is 0.506 e. The third-order valence-electron chi connectivity index (χ3n) is 2.69. The number of nitrogens with one attached hydrogen (secondary N) is 1. The molecular weight excluding hydrogens is 470 g/mol. The first kappa shape index (κ1) is 17.0. The minimum absolute atomic E-state index is 0.0571. The highest BCUT2D eigenvalue weighted by atomic mass is 127. The average molecular weight is 488 g/mol. The first-order chi connectivity index (χ1) is 9.06. The van der Waals surface area contributed by atoms with E-state index in [1.807, 2.05) is 28.7 Å². The van der Waals surface area contributed by atoms with E-state index in [1.54, 1.807) is 6.07 Å². The lowest BCUT2D eigenvalue weighted by Gasteiger charge is -2.08. The van der Waals surface area contributed by atoms with Crippen LogP contribution < -0.4 is 11.1 Å². The number of amides is 1. The molecule has 19 heavy (non-hydrogen) atoms.